The maximum absolute atomic E-state index is 10.4. The van der Waals surface area contributed by atoms with Crippen molar-refractivity contribution in [3.8, 4) is 0 Å². The highest BCUT2D eigenvalue weighted by molar-refractivity contribution is 5.83. The van der Waals surface area contributed by atoms with Crippen molar-refractivity contribution in [1.82, 2.24) is 0 Å². The molecule has 1 N–H and O–H groups in total. The molecule has 0 heterocycles. The topological polar surface area (TPSA) is 20.2 Å². The van der Waals surface area contributed by atoms with Crippen LogP contribution < -0.4 is 0 Å². The number of benzene rings is 2. The summed E-state index contributed by atoms with van der Waals surface area (Å²) in [5, 5.41) is 10.4. The Balaban J connectivity index is 2.37. The fourth-order valence-electron chi connectivity index (χ4n) is 2.16. The van der Waals surface area contributed by atoms with Gasteiger partial charge in [-0.3, -0.25) is 0 Å². The minimum atomic E-state index is -0.410. The van der Waals surface area contributed by atoms with Crippen molar-refractivity contribution in [2.75, 3.05) is 0 Å². The van der Waals surface area contributed by atoms with E-state index in [9.17, 15) is 5.11 Å². The van der Waals surface area contributed by atoms with E-state index in [4.69, 9.17) is 0 Å². The van der Waals surface area contributed by atoms with Crippen LogP contribution in [0.4, 0.5) is 0 Å². The molecular formula is C18H20O. The van der Waals surface area contributed by atoms with Crippen LogP contribution in [-0.4, -0.2) is 11.2 Å². The zero-order valence-corrected chi connectivity index (χ0v) is 11.3. The number of hydrogen-bond acceptors (Lipinski definition) is 1. The van der Waals surface area contributed by atoms with Gasteiger partial charge in [0, 0.05) is 0 Å². The molecule has 1 nitrogen and oxygen atoms in total. The lowest BCUT2D eigenvalue weighted by Gasteiger charge is -2.15. The molecule has 2 aromatic carbocycles. The highest BCUT2D eigenvalue weighted by Gasteiger charge is 2.11. The molecule has 0 bridgehead atoms. The summed E-state index contributed by atoms with van der Waals surface area (Å²) in [5.74, 6) is 0. The molecule has 0 unspecified atom stereocenters. The monoisotopic (exact) mass is 252 g/mol. The average Bonchev–Trinajstić information content (AvgIpc) is 2.47. The Morgan fingerprint density at radius 3 is 2.16 bits per heavy atom. The zero-order chi connectivity index (χ0) is 13.5. The Labute approximate surface area is 115 Å². The Kier molecular flexibility index (Phi) is 4.93. The molecule has 0 aliphatic heterocycles. The number of aliphatic hydroxyl groups excluding tert-OH is 1. The van der Waals surface area contributed by atoms with Crippen LogP contribution in [0.1, 0.15) is 30.9 Å². The van der Waals surface area contributed by atoms with Gasteiger partial charge in [0.05, 0.1) is 6.10 Å². The molecule has 0 aromatic heterocycles. The summed E-state index contributed by atoms with van der Waals surface area (Å²) >= 11 is 0. The molecule has 98 valence electrons. The van der Waals surface area contributed by atoms with E-state index in [1.807, 2.05) is 48.5 Å². The minimum Gasteiger partial charge on any atom is -0.388 e. The summed E-state index contributed by atoms with van der Waals surface area (Å²) in [5.41, 5.74) is 3.21. The fraction of sp³-hybridized carbons (Fsp3) is 0.222. The normalized spacial score (nSPS) is 13.3. The third-order valence-electron chi connectivity index (χ3n) is 3.15. The van der Waals surface area contributed by atoms with Gasteiger partial charge >= 0.3 is 0 Å². The van der Waals surface area contributed by atoms with Gasteiger partial charge in [-0.1, -0.05) is 74.0 Å². The highest BCUT2D eigenvalue weighted by atomic mass is 16.3. The van der Waals surface area contributed by atoms with Gasteiger partial charge in [0.1, 0.15) is 0 Å². The van der Waals surface area contributed by atoms with Gasteiger partial charge in [0.25, 0.3) is 0 Å². The first-order valence-corrected chi connectivity index (χ1v) is 6.81. The molecule has 0 amide bonds. The van der Waals surface area contributed by atoms with Crippen LogP contribution in [0, 0.1) is 0 Å². The Bertz CT molecular complexity index is 514. The average molecular weight is 252 g/mol. The molecule has 0 saturated heterocycles. The van der Waals surface area contributed by atoms with Gasteiger partial charge in [-0.2, -0.15) is 0 Å². The van der Waals surface area contributed by atoms with Crippen LogP contribution in [0.15, 0.2) is 60.7 Å². The third-order valence-corrected chi connectivity index (χ3v) is 3.15. The molecule has 1 atom stereocenters. The largest absolute Gasteiger partial charge is 0.388 e. The van der Waals surface area contributed by atoms with Crippen LogP contribution in [0.25, 0.3) is 11.6 Å². The summed E-state index contributed by atoms with van der Waals surface area (Å²) in [6.07, 6.45) is 3.43. The summed E-state index contributed by atoms with van der Waals surface area (Å²) in [7, 11) is 0. The predicted molar refractivity (Wildman–Crippen MR) is 81.7 cm³/mol. The Morgan fingerprint density at radius 1 is 1.00 bits per heavy atom. The van der Waals surface area contributed by atoms with Crippen LogP contribution in [0.5, 0.6) is 0 Å². The van der Waals surface area contributed by atoms with Crippen LogP contribution >= 0.6 is 0 Å². The lowest BCUT2D eigenvalue weighted by Crippen LogP contribution is -2.08. The van der Waals surface area contributed by atoms with E-state index < -0.39 is 6.10 Å². The van der Waals surface area contributed by atoms with Crippen LogP contribution in [0.3, 0.4) is 0 Å². The Hall–Kier alpha value is -1.86. The number of rotatable bonds is 5. The van der Waals surface area contributed by atoms with Crippen molar-refractivity contribution in [1.29, 1.82) is 0 Å². The number of aliphatic hydroxyl groups is 1. The summed E-state index contributed by atoms with van der Waals surface area (Å²) in [6.45, 7) is 2.09. The molecule has 0 saturated carbocycles. The van der Waals surface area contributed by atoms with Gasteiger partial charge in [-0.25, -0.2) is 0 Å². The van der Waals surface area contributed by atoms with Crippen LogP contribution in [-0.2, 0) is 0 Å². The van der Waals surface area contributed by atoms with E-state index in [0.717, 1.165) is 29.5 Å². The second-order valence-electron chi connectivity index (χ2n) is 4.68. The number of hydrogen-bond donors (Lipinski definition) is 1. The summed E-state index contributed by atoms with van der Waals surface area (Å²) < 4.78 is 0. The van der Waals surface area contributed by atoms with Crippen molar-refractivity contribution >= 4 is 11.6 Å². The first-order chi connectivity index (χ1) is 9.31. The molecule has 0 aliphatic carbocycles. The molecule has 1 heteroatoms. The lowest BCUT2D eigenvalue weighted by atomic mass is 9.95. The predicted octanol–water partition coefficient (Wildman–Crippen LogP) is 4.39. The van der Waals surface area contributed by atoms with E-state index >= 15 is 0 Å². The van der Waals surface area contributed by atoms with E-state index in [-0.39, 0.29) is 0 Å². The van der Waals surface area contributed by atoms with Gasteiger partial charge in [0.15, 0.2) is 0 Å². The summed E-state index contributed by atoms with van der Waals surface area (Å²) in [4.78, 5) is 0. The Morgan fingerprint density at radius 2 is 1.58 bits per heavy atom. The SMILES string of the molecule is CCC[C@@H](O)/C(=C/c1ccccc1)c1ccccc1. The highest BCUT2D eigenvalue weighted by Crippen LogP contribution is 2.24. The van der Waals surface area contributed by atoms with Crippen molar-refractivity contribution in [2.45, 2.75) is 25.9 Å². The first kappa shape index (κ1) is 13.6. The standard InChI is InChI=1S/C18H20O/c1-2-9-18(19)17(16-12-7-4-8-13-16)14-15-10-5-3-6-11-15/h3-8,10-14,18-19H,2,9H2,1H3/b17-14+/t18-/m1/s1. The zero-order valence-electron chi connectivity index (χ0n) is 11.3. The second kappa shape index (κ2) is 6.91. The van der Waals surface area contributed by atoms with E-state index in [1.165, 1.54) is 0 Å². The molecule has 0 spiro atoms. The smallest absolute Gasteiger partial charge is 0.0795 e. The maximum atomic E-state index is 10.4. The van der Waals surface area contributed by atoms with Gasteiger partial charge < -0.3 is 5.11 Å². The van der Waals surface area contributed by atoms with Crippen LogP contribution in [0.2, 0.25) is 0 Å². The second-order valence-corrected chi connectivity index (χ2v) is 4.68. The van der Waals surface area contributed by atoms with Gasteiger partial charge in [-0.05, 0) is 29.2 Å². The van der Waals surface area contributed by atoms with E-state index in [2.05, 4.69) is 25.1 Å². The third kappa shape index (κ3) is 3.80. The van der Waals surface area contributed by atoms with E-state index in [0.29, 0.717) is 0 Å². The van der Waals surface area contributed by atoms with Crippen molar-refractivity contribution < 1.29 is 5.11 Å². The molecule has 2 rings (SSSR count). The maximum Gasteiger partial charge on any atom is 0.0795 e. The molecule has 19 heavy (non-hydrogen) atoms. The fourth-order valence-corrected chi connectivity index (χ4v) is 2.16. The summed E-state index contributed by atoms with van der Waals surface area (Å²) in [6, 6.07) is 20.3. The molecular weight excluding hydrogens is 232 g/mol. The lowest BCUT2D eigenvalue weighted by molar-refractivity contribution is 0.221. The van der Waals surface area contributed by atoms with E-state index in [1.54, 1.807) is 0 Å². The quantitative estimate of drug-likeness (QED) is 0.782. The molecule has 2 aromatic rings. The van der Waals surface area contributed by atoms with Crippen molar-refractivity contribution in [2.24, 2.45) is 0 Å². The van der Waals surface area contributed by atoms with Crippen molar-refractivity contribution in [3.05, 3.63) is 71.8 Å². The molecule has 0 radical (unpaired) electrons. The van der Waals surface area contributed by atoms with Crippen molar-refractivity contribution in [3.63, 3.8) is 0 Å². The molecule has 0 fully saturated rings. The first-order valence-electron chi connectivity index (χ1n) is 6.81. The molecule has 0 aliphatic rings. The van der Waals surface area contributed by atoms with Gasteiger partial charge in [-0.15, -0.1) is 0 Å². The van der Waals surface area contributed by atoms with Gasteiger partial charge in [0.2, 0.25) is 0 Å². The minimum absolute atomic E-state index is 0.410.